The van der Waals surface area contributed by atoms with E-state index in [9.17, 15) is 23.2 Å². The fraction of sp³-hybridized carbons (Fsp3) is 0.0500. The number of nitriles is 1. The Labute approximate surface area is 152 Å². The topological polar surface area (TPSA) is 74.0 Å². The van der Waals surface area contributed by atoms with Crippen LogP contribution >= 0.6 is 0 Å². The minimum Gasteiger partial charge on any atom is -0.478 e. The van der Waals surface area contributed by atoms with Crippen molar-refractivity contribution in [2.45, 2.75) is 6.18 Å². The Morgan fingerprint density at radius 1 is 1.04 bits per heavy atom. The normalized spacial score (nSPS) is 11.0. The number of halogens is 3. The lowest BCUT2D eigenvalue weighted by atomic mass is 9.95. The standard InChI is InChI=1S/C20H11F3N2O2/c21-20(22,23)16-3-1-2-12(9-16)17-5-4-13(8-15(17)11-24)18-10-14(19(26)27)6-7-25-18/h1-10H,(H,26,27). The molecule has 0 amide bonds. The molecule has 0 saturated carbocycles. The summed E-state index contributed by atoms with van der Waals surface area (Å²) in [7, 11) is 0. The number of rotatable bonds is 3. The summed E-state index contributed by atoms with van der Waals surface area (Å²) in [6.45, 7) is 0. The van der Waals surface area contributed by atoms with E-state index in [4.69, 9.17) is 5.11 Å². The van der Waals surface area contributed by atoms with Gasteiger partial charge in [-0.2, -0.15) is 18.4 Å². The molecule has 0 fully saturated rings. The summed E-state index contributed by atoms with van der Waals surface area (Å²) in [5.41, 5.74) is 0.855. The minimum absolute atomic E-state index is 0.0421. The van der Waals surface area contributed by atoms with Crippen LogP contribution in [0, 0.1) is 11.3 Å². The molecule has 0 atom stereocenters. The number of hydrogen-bond acceptors (Lipinski definition) is 3. The van der Waals surface area contributed by atoms with Gasteiger partial charge in [-0.3, -0.25) is 4.98 Å². The van der Waals surface area contributed by atoms with Crippen LogP contribution in [-0.4, -0.2) is 16.1 Å². The molecule has 3 aromatic rings. The van der Waals surface area contributed by atoms with Crippen molar-refractivity contribution in [3.05, 3.63) is 77.5 Å². The van der Waals surface area contributed by atoms with Gasteiger partial charge in [-0.05, 0) is 41.5 Å². The highest BCUT2D eigenvalue weighted by Crippen LogP contribution is 2.34. The summed E-state index contributed by atoms with van der Waals surface area (Å²) in [5, 5.41) is 18.5. The van der Waals surface area contributed by atoms with E-state index in [2.05, 4.69) is 4.98 Å². The molecule has 1 aromatic heterocycles. The maximum Gasteiger partial charge on any atom is 0.416 e. The fourth-order valence-electron chi connectivity index (χ4n) is 2.63. The Morgan fingerprint density at radius 2 is 1.81 bits per heavy atom. The van der Waals surface area contributed by atoms with E-state index in [1.165, 1.54) is 42.6 Å². The number of benzene rings is 2. The summed E-state index contributed by atoms with van der Waals surface area (Å²) >= 11 is 0. The van der Waals surface area contributed by atoms with Crippen molar-refractivity contribution in [2.24, 2.45) is 0 Å². The van der Waals surface area contributed by atoms with Gasteiger partial charge in [0.25, 0.3) is 0 Å². The van der Waals surface area contributed by atoms with Crippen molar-refractivity contribution in [1.29, 1.82) is 5.26 Å². The molecule has 0 saturated heterocycles. The van der Waals surface area contributed by atoms with Gasteiger partial charge >= 0.3 is 12.1 Å². The third kappa shape index (κ3) is 3.80. The van der Waals surface area contributed by atoms with Crippen molar-refractivity contribution in [3.63, 3.8) is 0 Å². The molecular formula is C20H11F3N2O2. The molecule has 1 N–H and O–H groups in total. The molecule has 0 spiro atoms. The van der Waals surface area contributed by atoms with Crippen LogP contribution in [0.1, 0.15) is 21.5 Å². The maximum absolute atomic E-state index is 12.9. The number of pyridine rings is 1. The average Bonchev–Trinajstić information content (AvgIpc) is 2.67. The van der Waals surface area contributed by atoms with Gasteiger partial charge in [-0.25, -0.2) is 4.79 Å². The van der Waals surface area contributed by atoms with Gasteiger partial charge in [0.05, 0.1) is 28.5 Å². The lowest BCUT2D eigenvalue weighted by molar-refractivity contribution is -0.137. The summed E-state index contributed by atoms with van der Waals surface area (Å²) in [6, 6.07) is 14.0. The largest absolute Gasteiger partial charge is 0.478 e. The molecule has 1 heterocycles. The summed E-state index contributed by atoms with van der Waals surface area (Å²) in [5.74, 6) is -1.11. The van der Waals surface area contributed by atoms with Crippen LogP contribution in [0.25, 0.3) is 22.4 Å². The molecule has 4 nitrogen and oxygen atoms in total. The smallest absolute Gasteiger partial charge is 0.416 e. The predicted octanol–water partition coefficient (Wildman–Crippen LogP) is 5.00. The number of nitrogens with zero attached hydrogens (tertiary/aromatic N) is 2. The Balaban J connectivity index is 2.08. The Morgan fingerprint density at radius 3 is 2.48 bits per heavy atom. The SMILES string of the molecule is N#Cc1cc(-c2cc(C(=O)O)ccn2)ccc1-c1cccc(C(F)(F)F)c1. The number of aromatic carboxylic acids is 1. The van der Waals surface area contributed by atoms with Crippen molar-refractivity contribution in [1.82, 2.24) is 4.98 Å². The van der Waals surface area contributed by atoms with Gasteiger partial charge in [0, 0.05) is 11.8 Å². The second kappa shape index (κ2) is 6.92. The van der Waals surface area contributed by atoms with Gasteiger partial charge in [-0.1, -0.05) is 24.3 Å². The lowest BCUT2D eigenvalue weighted by Crippen LogP contribution is -2.04. The van der Waals surface area contributed by atoms with Crippen LogP contribution < -0.4 is 0 Å². The van der Waals surface area contributed by atoms with Crippen LogP contribution in [0.2, 0.25) is 0 Å². The molecule has 0 aliphatic carbocycles. The van der Waals surface area contributed by atoms with E-state index >= 15 is 0 Å². The van der Waals surface area contributed by atoms with E-state index in [1.54, 1.807) is 6.07 Å². The molecule has 2 aromatic carbocycles. The highest BCUT2D eigenvalue weighted by Gasteiger charge is 2.30. The molecule has 3 rings (SSSR count). The zero-order valence-corrected chi connectivity index (χ0v) is 13.7. The maximum atomic E-state index is 12.9. The van der Waals surface area contributed by atoms with E-state index in [0.29, 0.717) is 16.8 Å². The van der Waals surface area contributed by atoms with Gasteiger partial charge in [0.2, 0.25) is 0 Å². The monoisotopic (exact) mass is 368 g/mol. The molecule has 7 heteroatoms. The highest BCUT2D eigenvalue weighted by molar-refractivity contribution is 5.89. The van der Waals surface area contributed by atoms with E-state index in [1.807, 2.05) is 6.07 Å². The van der Waals surface area contributed by atoms with Crippen LogP contribution in [0.15, 0.2) is 60.8 Å². The third-order valence-corrected chi connectivity index (χ3v) is 3.94. The first-order valence-electron chi connectivity index (χ1n) is 7.71. The Bertz CT molecular complexity index is 1070. The molecule has 0 radical (unpaired) electrons. The summed E-state index contributed by atoms with van der Waals surface area (Å²) < 4.78 is 38.8. The highest BCUT2D eigenvalue weighted by atomic mass is 19.4. The number of carboxylic acids is 1. The van der Waals surface area contributed by atoms with Crippen molar-refractivity contribution in [2.75, 3.05) is 0 Å². The van der Waals surface area contributed by atoms with E-state index in [0.717, 1.165) is 12.1 Å². The number of carbonyl (C=O) groups is 1. The first-order chi connectivity index (χ1) is 12.8. The quantitative estimate of drug-likeness (QED) is 0.706. The van der Waals surface area contributed by atoms with Crippen molar-refractivity contribution >= 4 is 5.97 Å². The van der Waals surface area contributed by atoms with Crippen LogP contribution in [0.4, 0.5) is 13.2 Å². The first-order valence-corrected chi connectivity index (χ1v) is 7.71. The van der Waals surface area contributed by atoms with Crippen molar-refractivity contribution in [3.8, 4) is 28.5 Å². The van der Waals surface area contributed by atoms with Crippen LogP contribution in [0.3, 0.4) is 0 Å². The first kappa shape index (κ1) is 18.1. The van der Waals surface area contributed by atoms with Gasteiger partial charge in [-0.15, -0.1) is 0 Å². The van der Waals surface area contributed by atoms with E-state index in [-0.39, 0.29) is 16.7 Å². The van der Waals surface area contributed by atoms with Crippen molar-refractivity contribution < 1.29 is 23.1 Å². The molecule has 0 aliphatic rings. The molecule has 0 bridgehead atoms. The Kier molecular flexibility index (Phi) is 4.65. The fourth-order valence-corrected chi connectivity index (χ4v) is 2.63. The van der Waals surface area contributed by atoms with Gasteiger partial charge in [0.1, 0.15) is 0 Å². The second-order valence-corrected chi connectivity index (χ2v) is 5.69. The van der Waals surface area contributed by atoms with Gasteiger partial charge < -0.3 is 5.11 Å². The molecule has 0 aliphatic heterocycles. The zero-order chi connectivity index (χ0) is 19.6. The lowest BCUT2D eigenvalue weighted by Gasteiger charge is -2.11. The molecule has 0 unspecified atom stereocenters. The summed E-state index contributed by atoms with van der Waals surface area (Å²) in [4.78, 5) is 15.2. The predicted molar refractivity (Wildman–Crippen MR) is 91.8 cm³/mol. The molecule has 27 heavy (non-hydrogen) atoms. The number of aromatic nitrogens is 1. The molecule has 134 valence electrons. The molecular weight excluding hydrogens is 357 g/mol. The van der Waals surface area contributed by atoms with E-state index < -0.39 is 17.7 Å². The van der Waals surface area contributed by atoms with Crippen LogP contribution in [0.5, 0.6) is 0 Å². The number of carboxylic acid groups (broad SMARTS) is 1. The minimum atomic E-state index is -4.48. The van der Waals surface area contributed by atoms with Crippen LogP contribution in [-0.2, 0) is 6.18 Å². The summed E-state index contributed by atoms with van der Waals surface area (Å²) in [6.07, 6.45) is -3.14. The third-order valence-electron chi connectivity index (χ3n) is 3.94. The number of alkyl halides is 3. The number of hydrogen-bond donors (Lipinski definition) is 1. The average molecular weight is 368 g/mol. The van der Waals surface area contributed by atoms with Gasteiger partial charge in [0.15, 0.2) is 0 Å². The zero-order valence-electron chi connectivity index (χ0n) is 13.7. The Hall–Kier alpha value is -3.66. The second-order valence-electron chi connectivity index (χ2n) is 5.69.